The average molecular weight is 256 g/mol. The van der Waals surface area contributed by atoms with E-state index in [4.69, 9.17) is 5.11 Å². The molecule has 96 valence electrons. The number of nitrogens with zero attached hydrogens (tertiary/aromatic N) is 2. The number of rotatable bonds is 7. The Balaban J connectivity index is 2.55. The van der Waals surface area contributed by atoms with E-state index in [1.165, 1.54) is 5.69 Å². The number of hydrogen-bond acceptors (Lipinski definition) is 3. The van der Waals surface area contributed by atoms with Gasteiger partial charge in [-0.1, -0.05) is 13.8 Å². The van der Waals surface area contributed by atoms with Gasteiger partial charge in [-0.2, -0.15) is 16.9 Å². The molecule has 0 aliphatic heterocycles. The van der Waals surface area contributed by atoms with Crippen LogP contribution in [0.4, 0.5) is 0 Å². The molecule has 1 heterocycles. The van der Waals surface area contributed by atoms with E-state index in [0.717, 1.165) is 24.4 Å². The summed E-state index contributed by atoms with van der Waals surface area (Å²) in [6, 6.07) is 2.12. The molecule has 1 aromatic rings. The number of thioether (sulfide) groups is 1. The number of carboxylic acid groups (broad SMARTS) is 1. The minimum absolute atomic E-state index is 0.137. The molecule has 0 aromatic carbocycles. The summed E-state index contributed by atoms with van der Waals surface area (Å²) in [5, 5.41) is 13.3. The maximum Gasteiger partial charge on any atom is 0.304 e. The van der Waals surface area contributed by atoms with E-state index in [-0.39, 0.29) is 11.7 Å². The van der Waals surface area contributed by atoms with E-state index >= 15 is 0 Å². The first-order valence-corrected chi connectivity index (χ1v) is 7.00. The summed E-state index contributed by atoms with van der Waals surface area (Å²) >= 11 is 1.67. The Morgan fingerprint density at radius 3 is 2.82 bits per heavy atom. The molecule has 0 radical (unpaired) electrons. The Morgan fingerprint density at radius 2 is 2.29 bits per heavy atom. The third kappa shape index (κ3) is 4.42. The lowest BCUT2D eigenvalue weighted by Crippen LogP contribution is -2.07. The quantitative estimate of drug-likeness (QED) is 0.814. The first-order chi connectivity index (χ1) is 8.06. The van der Waals surface area contributed by atoms with E-state index in [1.807, 2.05) is 11.6 Å². The van der Waals surface area contributed by atoms with Crippen molar-refractivity contribution in [3.05, 3.63) is 17.5 Å². The van der Waals surface area contributed by atoms with Crippen molar-refractivity contribution >= 4 is 17.7 Å². The molecule has 0 fully saturated rings. The monoisotopic (exact) mass is 256 g/mol. The highest BCUT2D eigenvalue weighted by Gasteiger charge is 2.11. The van der Waals surface area contributed by atoms with Gasteiger partial charge in [0.05, 0.1) is 12.1 Å². The number of aromatic nitrogens is 2. The van der Waals surface area contributed by atoms with Gasteiger partial charge in [-0.3, -0.25) is 9.48 Å². The molecular formula is C12H20N2O2S. The van der Waals surface area contributed by atoms with Crippen LogP contribution in [0.25, 0.3) is 0 Å². The molecule has 0 saturated carbocycles. The second kappa shape index (κ2) is 6.69. The summed E-state index contributed by atoms with van der Waals surface area (Å²) in [6.45, 7) is 6.98. The zero-order valence-electron chi connectivity index (χ0n) is 10.6. The van der Waals surface area contributed by atoms with Crippen LogP contribution < -0.4 is 0 Å². The Hall–Kier alpha value is -0.970. The molecule has 0 amide bonds. The minimum atomic E-state index is -0.733. The van der Waals surface area contributed by atoms with Crippen LogP contribution in [0.3, 0.4) is 0 Å². The molecule has 1 rings (SSSR count). The Kier molecular flexibility index (Phi) is 5.55. The van der Waals surface area contributed by atoms with E-state index in [1.54, 1.807) is 11.8 Å². The average Bonchev–Trinajstić information content (AvgIpc) is 2.67. The number of carboxylic acids is 1. The van der Waals surface area contributed by atoms with Gasteiger partial charge in [0.25, 0.3) is 0 Å². The van der Waals surface area contributed by atoms with E-state index in [2.05, 4.69) is 25.0 Å². The molecule has 0 aliphatic carbocycles. The highest BCUT2D eigenvalue weighted by Crippen LogP contribution is 2.20. The summed E-state index contributed by atoms with van der Waals surface area (Å²) in [6.07, 6.45) is 1.15. The maximum atomic E-state index is 10.6. The zero-order valence-corrected chi connectivity index (χ0v) is 11.5. The van der Waals surface area contributed by atoms with Crippen molar-refractivity contribution in [3.63, 3.8) is 0 Å². The predicted molar refractivity (Wildman–Crippen MR) is 70.3 cm³/mol. The van der Waals surface area contributed by atoms with Crippen molar-refractivity contribution in [1.29, 1.82) is 0 Å². The van der Waals surface area contributed by atoms with Gasteiger partial charge in [-0.15, -0.1) is 0 Å². The molecule has 0 spiro atoms. The molecule has 5 heteroatoms. The van der Waals surface area contributed by atoms with E-state index in [0.29, 0.717) is 0 Å². The minimum Gasteiger partial charge on any atom is -0.481 e. The molecule has 1 atom stereocenters. The normalized spacial score (nSPS) is 12.6. The number of carbonyl (C=O) groups is 1. The second-order valence-electron chi connectivity index (χ2n) is 4.02. The van der Waals surface area contributed by atoms with Gasteiger partial charge in [0.2, 0.25) is 0 Å². The SMILES string of the molecule is CCc1cc(CSC(C)CC(=O)O)n(CC)n1. The van der Waals surface area contributed by atoms with Crippen molar-refractivity contribution < 1.29 is 9.90 Å². The fraction of sp³-hybridized carbons (Fsp3) is 0.667. The third-order valence-corrected chi connectivity index (χ3v) is 3.75. The Morgan fingerprint density at radius 1 is 1.59 bits per heavy atom. The highest BCUT2D eigenvalue weighted by molar-refractivity contribution is 7.99. The fourth-order valence-electron chi connectivity index (χ4n) is 1.61. The van der Waals surface area contributed by atoms with Crippen LogP contribution >= 0.6 is 11.8 Å². The lowest BCUT2D eigenvalue weighted by atomic mass is 10.3. The van der Waals surface area contributed by atoms with Crippen LogP contribution in [0.15, 0.2) is 6.07 Å². The lowest BCUT2D eigenvalue weighted by Gasteiger charge is -2.09. The predicted octanol–water partition coefficient (Wildman–Crippen LogP) is 2.56. The molecule has 17 heavy (non-hydrogen) atoms. The van der Waals surface area contributed by atoms with Crippen molar-refractivity contribution in [2.45, 2.75) is 51.2 Å². The van der Waals surface area contributed by atoms with Gasteiger partial charge in [0, 0.05) is 23.2 Å². The van der Waals surface area contributed by atoms with Crippen LogP contribution in [0.5, 0.6) is 0 Å². The van der Waals surface area contributed by atoms with Crippen molar-refractivity contribution in [2.24, 2.45) is 0 Å². The molecule has 4 nitrogen and oxygen atoms in total. The largest absolute Gasteiger partial charge is 0.481 e. The standard InChI is InChI=1S/C12H20N2O2S/c1-4-10-7-11(14(5-2)13-10)8-17-9(3)6-12(15)16/h7,9H,4-6,8H2,1-3H3,(H,15,16). The fourth-order valence-corrected chi connectivity index (χ4v) is 2.56. The highest BCUT2D eigenvalue weighted by atomic mass is 32.2. The van der Waals surface area contributed by atoms with Crippen LogP contribution in [-0.2, 0) is 23.5 Å². The molecule has 0 saturated heterocycles. The second-order valence-corrected chi connectivity index (χ2v) is 5.44. The van der Waals surface area contributed by atoms with Crippen molar-refractivity contribution in [3.8, 4) is 0 Å². The molecular weight excluding hydrogens is 236 g/mol. The summed E-state index contributed by atoms with van der Waals surface area (Å²) in [7, 11) is 0. The summed E-state index contributed by atoms with van der Waals surface area (Å²) in [5.74, 6) is 0.0956. The summed E-state index contributed by atoms with van der Waals surface area (Å²) in [5.41, 5.74) is 2.29. The molecule has 0 bridgehead atoms. The third-order valence-electron chi connectivity index (χ3n) is 2.55. The number of aryl methyl sites for hydroxylation is 2. The first kappa shape index (κ1) is 14.1. The van der Waals surface area contributed by atoms with Gasteiger partial charge >= 0.3 is 5.97 Å². The van der Waals surface area contributed by atoms with Crippen molar-refractivity contribution in [1.82, 2.24) is 9.78 Å². The first-order valence-electron chi connectivity index (χ1n) is 5.95. The van der Waals surface area contributed by atoms with Crippen LogP contribution in [0, 0.1) is 0 Å². The van der Waals surface area contributed by atoms with E-state index < -0.39 is 5.97 Å². The Labute approximate surface area is 106 Å². The molecule has 1 unspecified atom stereocenters. The molecule has 1 N–H and O–H groups in total. The van der Waals surface area contributed by atoms with Crippen LogP contribution in [0.1, 0.15) is 38.6 Å². The van der Waals surface area contributed by atoms with Gasteiger partial charge in [0.1, 0.15) is 0 Å². The smallest absolute Gasteiger partial charge is 0.304 e. The maximum absolute atomic E-state index is 10.6. The van der Waals surface area contributed by atoms with Crippen molar-refractivity contribution in [2.75, 3.05) is 0 Å². The molecule has 1 aromatic heterocycles. The van der Waals surface area contributed by atoms with E-state index in [9.17, 15) is 4.79 Å². The van der Waals surface area contributed by atoms with Crippen LogP contribution in [0.2, 0.25) is 0 Å². The topological polar surface area (TPSA) is 55.1 Å². The lowest BCUT2D eigenvalue weighted by molar-refractivity contribution is -0.136. The number of hydrogen-bond donors (Lipinski definition) is 1. The van der Waals surface area contributed by atoms with Gasteiger partial charge in [-0.05, 0) is 19.4 Å². The van der Waals surface area contributed by atoms with Gasteiger partial charge < -0.3 is 5.11 Å². The van der Waals surface area contributed by atoms with Gasteiger partial charge in [-0.25, -0.2) is 0 Å². The Bertz CT molecular complexity index is 377. The van der Waals surface area contributed by atoms with Crippen LogP contribution in [-0.4, -0.2) is 26.1 Å². The summed E-state index contributed by atoms with van der Waals surface area (Å²) < 4.78 is 2.00. The zero-order chi connectivity index (χ0) is 12.8. The number of aliphatic carboxylic acids is 1. The summed E-state index contributed by atoms with van der Waals surface area (Å²) in [4.78, 5) is 10.6. The molecule has 0 aliphatic rings. The van der Waals surface area contributed by atoms with Gasteiger partial charge in [0.15, 0.2) is 0 Å².